The number of nitrogens with one attached hydrogen (secondary N) is 1. The monoisotopic (exact) mass is 315 g/mol. The van der Waals surface area contributed by atoms with Crippen LogP contribution in [-0.4, -0.2) is 14.2 Å². The van der Waals surface area contributed by atoms with Gasteiger partial charge < -0.3 is 10.1 Å². The van der Waals surface area contributed by atoms with Gasteiger partial charge in [-0.25, -0.2) is 0 Å². The van der Waals surface area contributed by atoms with Crippen LogP contribution in [0.25, 0.3) is 0 Å². The molecule has 2 rings (SSSR count). The van der Waals surface area contributed by atoms with Gasteiger partial charge in [0.05, 0.1) is 17.6 Å². The summed E-state index contributed by atoms with van der Waals surface area (Å²) in [4.78, 5) is 0.984. The van der Waals surface area contributed by atoms with Gasteiger partial charge in [0.1, 0.15) is 5.75 Å². The Labute approximate surface area is 125 Å². The van der Waals surface area contributed by atoms with Crippen molar-refractivity contribution < 1.29 is 17.9 Å². The molecule has 0 saturated heterocycles. The van der Waals surface area contributed by atoms with Crippen molar-refractivity contribution in [3.05, 3.63) is 51.7 Å². The molecule has 6 heteroatoms. The molecule has 0 bridgehead atoms. The molecule has 0 aliphatic rings. The molecule has 2 nitrogen and oxygen atoms in total. The van der Waals surface area contributed by atoms with Crippen molar-refractivity contribution in [2.24, 2.45) is 0 Å². The standard InChI is InChI=1S/C15H16F3NOS/c1-19-12(14-13(20-2)6-7-21-14)9-10-4-3-5-11(8-10)15(16,17)18/h3-8,12,19H,9H2,1-2H3. The minimum Gasteiger partial charge on any atom is -0.496 e. The number of rotatable bonds is 5. The Hall–Kier alpha value is -1.53. The lowest BCUT2D eigenvalue weighted by molar-refractivity contribution is -0.137. The van der Waals surface area contributed by atoms with Crippen LogP contribution in [0.3, 0.4) is 0 Å². The van der Waals surface area contributed by atoms with E-state index >= 15 is 0 Å². The maximum atomic E-state index is 12.7. The highest BCUT2D eigenvalue weighted by Gasteiger charge is 2.30. The van der Waals surface area contributed by atoms with Gasteiger partial charge in [-0.1, -0.05) is 18.2 Å². The molecular weight excluding hydrogens is 299 g/mol. The first kappa shape index (κ1) is 15.9. The van der Waals surface area contributed by atoms with E-state index in [1.165, 1.54) is 23.5 Å². The van der Waals surface area contributed by atoms with Gasteiger partial charge in [-0.05, 0) is 36.5 Å². The Morgan fingerprint density at radius 3 is 2.67 bits per heavy atom. The van der Waals surface area contributed by atoms with Crippen molar-refractivity contribution in [1.29, 1.82) is 0 Å². The van der Waals surface area contributed by atoms with E-state index in [1.54, 1.807) is 20.2 Å². The Bertz CT molecular complexity index is 595. The van der Waals surface area contributed by atoms with Crippen LogP contribution in [0.2, 0.25) is 0 Å². The molecule has 1 aromatic heterocycles. The number of halogens is 3. The van der Waals surface area contributed by atoms with Gasteiger partial charge >= 0.3 is 6.18 Å². The van der Waals surface area contributed by atoms with E-state index in [0.29, 0.717) is 12.0 Å². The molecule has 0 amide bonds. The second kappa shape index (κ2) is 6.49. The number of likely N-dealkylation sites (N-methyl/N-ethyl adjacent to an activating group) is 1. The largest absolute Gasteiger partial charge is 0.496 e. The minimum atomic E-state index is -4.31. The van der Waals surface area contributed by atoms with Crippen LogP contribution >= 0.6 is 11.3 Å². The zero-order valence-corrected chi connectivity index (χ0v) is 12.5. The number of alkyl halides is 3. The van der Waals surface area contributed by atoms with E-state index in [9.17, 15) is 13.2 Å². The summed E-state index contributed by atoms with van der Waals surface area (Å²) in [6.45, 7) is 0. The molecule has 1 unspecified atom stereocenters. The summed E-state index contributed by atoms with van der Waals surface area (Å²) in [5, 5.41) is 5.04. The summed E-state index contributed by atoms with van der Waals surface area (Å²) in [6.07, 6.45) is -3.84. The first-order valence-electron chi connectivity index (χ1n) is 6.40. The summed E-state index contributed by atoms with van der Waals surface area (Å²) in [7, 11) is 3.37. The van der Waals surface area contributed by atoms with Crippen molar-refractivity contribution in [1.82, 2.24) is 5.32 Å². The van der Waals surface area contributed by atoms with E-state index < -0.39 is 11.7 Å². The van der Waals surface area contributed by atoms with Gasteiger partial charge in [0.15, 0.2) is 0 Å². The van der Waals surface area contributed by atoms with Crippen LogP contribution in [0.15, 0.2) is 35.7 Å². The van der Waals surface area contributed by atoms with Crippen LogP contribution in [0.5, 0.6) is 5.75 Å². The van der Waals surface area contributed by atoms with Crippen LogP contribution < -0.4 is 10.1 Å². The summed E-state index contributed by atoms with van der Waals surface area (Å²) in [6, 6.07) is 7.21. The molecule has 2 aromatic rings. The van der Waals surface area contributed by atoms with Crippen molar-refractivity contribution in [2.75, 3.05) is 14.2 Å². The minimum absolute atomic E-state index is 0.0802. The van der Waals surface area contributed by atoms with Crippen LogP contribution in [0, 0.1) is 0 Å². The number of hydrogen-bond acceptors (Lipinski definition) is 3. The third-order valence-electron chi connectivity index (χ3n) is 3.24. The third kappa shape index (κ3) is 3.77. The van der Waals surface area contributed by atoms with E-state index in [-0.39, 0.29) is 6.04 Å². The lowest BCUT2D eigenvalue weighted by Gasteiger charge is -2.17. The third-order valence-corrected chi connectivity index (χ3v) is 4.25. The molecule has 0 aliphatic carbocycles. The lowest BCUT2D eigenvalue weighted by atomic mass is 10.0. The SMILES string of the molecule is CNC(Cc1cccc(C(F)(F)F)c1)c1sccc1OC. The lowest BCUT2D eigenvalue weighted by Crippen LogP contribution is -2.18. The molecule has 0 aliphatic heterocycles. The quantitative estimate of drug-likeness (QED) is 0.889. The van der Waals surface area contributed by atoms with Crippen LogP contribution in [-0.2, 0) is 12.6 Å². The summed E-state index contributed by atoms with van der Waals surface area (Å²) in [5.41, 5.74) is 0.0209. The number of benzene rings is 1. The second-order valence-corrected chi connectivity index (χ2v) is 5.54. The fraction of sp³-hybridized carbons (Fsp3) is 0.333. The molecule has 0 spiro atoms. The molecule has 1 atom stereocenters. The molecule has 21 heavy (non-hydrogen) atoms. The fourth-order valence-electron chi connectivity index (χ4n) is 2.17. The Morgan fingerprint density at radius 1 is 1.29 bits per heavy atom. The highest BCUT2D eigenvalue weighted by Crippen LogP contribution is 2.34. The van der Waals surface area contributed by atoms with E-state index in [2.05, 4.69) is 5.32 Å². The zero-order chi connectivity index (χ0) is 15.5. The van der Waals surface area contributed by atoms with Gasteiger partial charge in [0.25, 0.3) is 0 Å². The van der Waals surface area contributed by atoms with E-state index in [4.69, 9.17) is 4.74 Å². The topological polar surface area (TPSA) is 21.3 Å². The number of ether oxygens (including phenoxy) is 1. The Balaban J connectivity index is 2.23. The first-order chi connectivity index (χ1) is 9.95. The molecule has 1 heterocycles. The predicted octanol–water partition coefficient (Wildman–Crippen LogP) is 4.28. The molecule has 0 fully saturated rings. The van der Waals surface area contributed by atoms with E-state index in [1.807, 2.05) is 11.4 Å². The van der Waals surface area contributed by atoms with Crippen LogP contribution in [0.1, 0.15) is 22.0 Å². The van der Waals surface area contributed by atoms with Crippen molar-refractivity contribution in [3.63, 3.8) is 0 Å². The van der Waals surface area contributed by atoms with Gasteiger partial charge in [-0.2, -0.15) is 13.2 Å². The summed E-state index contributed by atoms with van der Waals surface area (Å²) in [5.74, 6) is 0.756. The number of hydrogen-bond donors (Lipinski definition) is 1. The van der Waals surface area contributed by atoms with Crippen molar-refractivity contribution in [2.45, 2.75) is 18.6 Å². The fourth-order valence-corrected chi connectivity index (χ4v) is 3.14. The van der Waals surface area contributed by atoms with Crippen LogP contribution in [0.4, 0.5) is 13.2 Å². The normalized spacial score (nSPS) is 13.2. The van der Waals surface area contributed by atoms with E-state index in [0.717, 1.165) is 16.7 Å². The molecule has 1 N–H and O–H groups in total. The Kier molecular flexibility index (Phi) is 4.90. The molecule has 0 saturated carbocycles. The highest BCUT2D eigenvalue weighted by atomic mass is 32.1. The first-order valence-corrected chi connectivity index (χ1v) is 7.28. The highest BCUT2D eigenvalue weighted by molar-refractivity contribution is 7.10. The Morgan fingerprint density at radius 2 is 2.05 bits per heavy atom. The van der Waals surface area contributed by atoms with Gasteiger partial charge in [0, 0.05) is 6.04 Å². The smallest absolute Gasteiger partial charge is 0.416 e. The predicted molar refractivity (Wildman–Crippen MR) is 77.8 cm³/mol. The molecule has 1 aromatic carbocycles. The molecular formula is C15H16F3NOS. The molecule has 0 radical (unpaired) electrons. The number of thiophene rings is 1. The average molecular weight is 315 g/mol. The number of methoxy groups -OCH3 is 1. The van der Waals surface area contributed by atoms with Gasteiger partial charge in [-0.15, -0.1) is 11.3 Å². The van der Waals surface area contributed by atoms with Gasteiger partial charge in [0.2, 0.25) is 0 Å². The van der Waals surface area contributed by atoms with Gasteiger partial charge in [-0.3, -0.25) is 0 Å². The second-order valence-electron chi connectivity index (χ2n) is 4.60. The maximum absolute atomic E-state index is 12.7. The maximum Gasteiger partial charge on any atom is 0.416 e. The van der Waals surface area contributed by atoms with Crippen molar-refractivity contribution >= 4 is 11.3 Å². The summed E-state index contributed by atoms with van der Waals surface area (Å²) < 4.78 is 43.5. The zero-order valence-electron chi connectivity index (χ0n) is 11.7. The average Bonchev–Trinajstić information content (AvgIpc) is 2.92. The van der Waals surface area contributed by atoms with Crippen molar-refractivity contribution in [3.8, 4) is 5.75 Å². The summed E-state index contributed by atoms with van der Waals surface area (Å²) >= 11 is 1.53. The molecule has 114 valence electrons.